The zero-order valence-electron chi connectivity index (χ0n) is 19.1. The van der Waals surface area contributed by atoms with Gasteiger partial charge >= 0.3 is 0 Å². The van der Waals surface area contributed by atoms with Gasteiger partial charge in [0.05, 0.1) is 11.6 Å². The summed E-state index contributed by atoms with van der Waals surface area (Å²) in [6, 6.07) is 10.7. The number of ether oxygens (including phenoxy) is 1. The summed E-state index contributed by atoms with van der Waals surface area (Å²) in [4.78, 5) is 29.6. The number of hydrogen-bond acceptors (Lipinski definition) is 6. The van der Waals surface area contributed by atoms with Gasteiger partial charge in [-0.1, -0.05) is 37.3 Å². The van der Waals surface area contributed by atoms with Crippen LogP contribution in [0.1, 0.15) is 44.0 Å². The first-order chi connectivity index (χ1) is 16.0. The highest BCUT2D eigenvalue weighted by Crippen LogP contribution is 2.28. The Bertz CT molecular complexity index is 1060. The summed E-state index contributed by atoms with van der Waals surface area (Å²) < 4.78 is 7.44. The molecule has 0 aliphatic carbocycles. The number of nitrogens with one attached hydrogen (secondary N) is 1. The average Bonchev–Trinajstić information content (AvgIpc) is 3.56. The van der Waals surface area contributed by atoms with Gasteiger partial charge < -0.3 is 15.0 Å². The van der Waals surface area contributed by atoms with Crippen molar-refractivity contribution in [3.8, 4) is 0 Å². The molecule has 0 saturated carbocycles. The largest absolute Gasteiger partial charge is 0.376 e. The highest BCUT2D eigenvalue weighted by molar-refractivity contribution is 7.10. The Morgan fingerprint density at radius 2 is 2.12 bits per heavy atom. The summed E-state index contributed by atoms with van der Waals surface area (Å²) in [7, 11) is 0. The standard InChI is InChI=1S/C24H31N5O3S/c1-17(2)11-12-25-24(31)23(21-10-6-14-33-21)28(15-18-7-5-13-32-18)22(30)16-29-20-9-4-3-8-19(20)26-27-29/h3-4,6,8-10,14,17-18,23H,5,7,11-13,15-16H2,1-2H3,(H,25,31)/t18-,23-/m1/s1. The molecule has 0 unspecified atom stereocenters. The zero-order valence-corrected chi connectivity index (χ0v) is 20.0. The van der Waals surface area contributed by atoms with Crippen LogP contribution < -0.4 is 5.32 Å². The molecule has 0 spiro atoms. The predicted octanol–water partition coefficient (Wildman–Crippen LogP) is 3.40. The van der Waals surface area contributed by atoms with Crippen LogP contribution in [0.4, 0.5) is 0 Å². The van der Waals surface area contributed by atoms with Gasteiger partial charge in [-0.25, -0.2) is 4.68 Å². The van der Waals surface area contributed by atoms with E-state index in [4.69, 9.17) is 4.74 Å². The molecule has 9 heteroatoms. The van der Waals surface area contributed by atoms with Gasteiger partial charge in [-0.05, 0) is 48.8 Å². The van der Waals surface area contributed by atoms with Gasteiger partial charge in [0.15, 0.2) is 0 Å². The second kappa shape index (κ2) is 10.9. The molecule has 1 aliphatic rings. The number of nitrogens with zero attached hydrogens (tertiary/aromatic N) is 4. The number of rotatable bonds is 10. The van der Waals surface area contributed by atoms with Crippen LogP contribution in [0.2, 0.25) is 0 Å². The van der Waals surface area contributed by atoms with Crippen molar-refractivity contribution in [2.75, 3.05) is 19.7 Å². The lowest BCUT2D eigenvalue weighted by Gasteiger charge is -2.32. The first-order valence-corrected chi connectivity index (χ1v) is 12.4. The Kier molecular flexibility index (Phi) is 7.72. The Morgan fingerprint density at radius 1 is 1.27 bits per heavy atom. The van der Waals surface area contributed by atoms with Crippen LogP contribution in [0.25, 0.3) is 11.0 Å². The van der Waals surface area contributed by atoms with Crippen molar-refractivity contribution >= 4 is 34.2 Å². The fourth-order valence-electron chi connectivity index (χ4n) is 4.06. The minimum absolute atomic E-state index is 0.00832. The summed E-state index contributed by atoms with van der Waals surface area (Å²) >= 11 is 1.48. The molecule has 8 nitrogen and oxygen atoms in total. The van der Waals surface area contributed by atoms with E-state index in [1.807, 2.05) is 41.8 Å². The maximum Gasteiger partial charge on any atom is 0.248 e. The van der Waals surface area contributed by atoms with Crippen LogP contribution in [0.3, 0.4) is 0 Å². The molecule has 2 amide bonds. The van der Waals surface area contributed by atoms with E-state index >= 15 is 0 Å². The SMILES string of the molecule is CC(C)CCNC(=O)[C@@H](c1cccs1)N(C[C@H]1CCCO1)C(=O)Cn1nnc2ccccc21. The van der Waals surface area contributed by atoms with Gasteiger partial charge in [-0.15, -0.1) is 16.4 Å². The second-order valence-electron chi connectivity index (χ2n) is 8.81. The number of benzene rings is 1. The molecule has 1 aromatic carbocycles. The van der Waals surface area contributed by atoms with Crippen LogP contribution in [-0.2, 0) is 20.9 Å². The molecule has 0 bridgehead atoms. The van der Waals surface area contributed by atoms with Crippen molar-refractivity contribution in [3.63, 3.8) is 0 Å². The molecule has 1 fully saturated rings. The van der Waals surface area contributed by atoms with Crippen LogP contribution in [0, 0.1) is 5.92 Å². The van der Waals surface area contributed by atoms with Crippen molar-refractivity contribution in [1.29, 1.82) is 0 Å². The van der Waals surface area contributed by atoms with Gasteiger partial charge in [0.2, 0.25) is 11.8 Å². The lowest BCUT2D eigenvalue weighted by Crippen LogP contribution is -2.47. The normalized spacial score (nSPS) is 16.9. The first kappa shape index (κ1) is 23.4. The number of carbonyl (C=O) groups excluding carboxylic acids is 2. The van der Waals surface area contributed by atoms with E-state index in [2.05, 4.69) is 29.5 Å². The molecule has 3 heterocycles. The van der Waals surface area contributed by atoms with E-state index in [1.54, 1.807) is 9.58 Å². The summed E-state index contributed by atoms with van der Waals surface area (Å²) in [5, 5.41) is 13.3. The summed E-state index contributed by atoms with van der Waals surface area (Å²) in [6.07, 6.45) is 2.65. The van der Waals surface area contributed by atoms with Gasteiger partial charge in [0.25, 0.3) is 0 Å². The number of thiophene rings is 1. The van der Waals surface area contributed by atoms with Crippen molar-refractivity contribution in [2.24, 2.45) is 5.92 Å². The van der Waals surface area contributed by atoms with E-state index in [-0.39, 0.29) is 24.5 Å². The number of amides is 2. The summed E-state index contributed by atoms with van der Waals surface area (Å²) in [5.74, 6) is 0.141. The third kappa shape index (κ3) is 5.78. The number of fused-ring (bicyclic) bond motifs is 1. The van der Waals surface area contributed by atoms with Crippen LogP contribution in [0.5, 0.6) is 0 Å². The van der Waals surface area contributed by atoms with Crippen molar-refractivity contribution < 1.29 is 14.3 Å². The fraction of sp³-hybridized carbons (Fsp3) is 0.500. The van der Waals surface area contributed by atoms with E-state index in [0.717, 1.165) is 35.2 Å². The minimum Gasteiger partial charge on any atom is -0.376 e. The van der Waals surface area contributed by atoms with Crippen LogP contribution in [-0.4, -0.2) is 57.5 Å². The van der Waals surface area contributed by atoms with Crippen molar-refractivity contribution in [2.45, 2.75) is 51.8 Å². The molecule has 1 N–H and O–H groups in total. The molecule has 0 radical (unpaired) electrons. The average molecular weight is 470 g/mol. The number of hydrogen-bond donors (Lipinski definition) is 1. The van der Waals surface area contributed by atoms with Crippen molar-refractivity contribution in [1.82, 2.24) is 25.2 Å². The molecule has 3 aromatic rings. The highest BCUT2D eigenvalue weighted by atomic mass is 32.1. The maximum absolute atomic E-state index is 13.7. The molecule has 1 aliphatic heterocycles. The topological polar surface area (TPSA) is 89.4 Å². The molecule has 2 atom stereocenters. The quantitative estimate of drug-likeness (QED) is 0.492. The molecular weight excluding hydrogens is 438 g/mol. The second-order valence-corrected chi connectivity index (χ2v) is 9.79. The monoisotopic (exact) mass is 469 g/mol. The predicted molar refractivity (Wildman–Crippen MR) is 128 cm³/mol. The maximum atomic E-state index is 13.7. The zero-order chi connectivity index (χ0) is 23.2. The van der Waals surface area contributed by atoms with Crippen LogP contribution in [0.15, 0.2) is 41.8 Å². The Morgan fingerprint density at radius 3 is 2.85 bits per heavy atom. The highest BCUT2D eigenvalue weighted by Gasteiger charge is 2.35. The molecule has 33 heavy (non-hydrogen) atoms. The third-order valence-corrected chi connectivity index (χ3v) is 6.77. The van der Waals surface area contributed by atoms with Gasteiger partial charge in [-0.2, -0.15) is 0 Å². The Balaban J connectivity index is 1.60. The molecule has 1 saturated heterocycles. The van der Waals surface area contributed by atoms with Gasteiger partial charge in [0.1, 0.15) is 18.1 Å². The van der Waals surface area contributed by atoms with E-state index in [0.29, 0.717) is 25.6 Å². The smallest absolute Gasteiger partial charge is 0.248 e. The van der Waals surface area contributed by atoms with E-state index in [9.17, 15) is 9.59 Å². The van der Waals surface area contributed by atoms with E-state index in [1.165, 1.54) is 11.3 Å². The first-order valence-electron chi connectivity index (χ1n) is 11.5. The number of carbonyl (C=O) groups is 2. The van der Waals surface area contributed by atoms with Crippen molar-refractivity contribution in [3.05, 3.63) is 46.7 Å². The summed E-state index contributed by atoms with van der Waals surface area (Å²) in [6.45, 7) is 5.88. The Hall–Kier alpha value is -2.78. The fourth-order valence-corrected chi connectivity index (χ4v) is 4.90. The number of aromatic nitrogens is 3. The molecule has 176 valence electrons. The summed E-state index contributed by atoms with van der Waals surface area (Å²) in [5.41, 5.74) is 1.52. The van der Waals surface area contributed by atoms with Crippen LogP contribution >= 0.6 is 11.3 Å². The molecule has 4 rings (SSSR count). The van der Waals surface area contributed by atoms with E-state index < -0.39 is 6.04 Å². The number of para-hydroxylation sites is 1. The lowest BCUT2D eigenvalue weighted by molar-refractivity contribution is -0.143. The third-order valence-electron chi connectivity index (χ3n) is 5.84. The van der Waals surface area contributed by atoms with Gasteiger partial charge in [-0.3, -0.25) is 9.59 Å². The molecule has 2 aromatic heterocycles. The molecular formula is C24H31N5O3S. The Labute approximate surface area is 197 Å². The lowest BCUT2D eigenvalue weighted by atomic mass is 10.1. The van der Waals surface area contributed by atoms with Gasteiger partial charge in [0, 0.05) is 24.6 Å². The minimum atomic E-state index is -0.705.